The number of fused-ring (bicyclic) bond motifs is 1. The average Bonchev–Trinajstić information content (AvgIpc) is 3.16. The van der Waals surface area contributed by atoms with Gasteiger partial charge in [0.2, 0.25) is 22.7 Å². The Morgan fingerprint density at radius 3 is 2.68 bits per heavy atom. The smallest absolute Gasteiger partial charge is 0.239 e. The molecular formula is C14H18N2O5S. The molecule has 0 atom stereocenters. The van der Waals surface area contributed by atoms with Crippen LogP contribution in [0.15, 0.2) is 18.2 Å². The van der Waals surface area contributed by atoms with E-state index in [2.05, 4.69) is 10.0 Å². The van der Waals surface area contributed by atoms with Crippen LogP contribution in [0.4, 0.5) is 5.69 Å². The Kier molecular flexibility index (Phi) is 4.21. The maximum absolute atomic E-state index is 12.0. The Hall–Kier alpha value is -1.80. The van der Waals surface area contributed by atoms with Crippen LogP contribution in [-0.4, -0.2) is 32.9 Å². The Labute approximate surface area is 129 Å². The molecule has 1 amide bonds. The number of amides is 1. The van der Waals surface area contributed by atoms with Gasteiger partial charge in [0.15, 0.2) is 11.5 Å². The number of hydrogen-bond donors (Lipinski definition) is 2. The third kappa shape index (κ3) is 3.33. The summed E-state index contributed by atoms with van der Waals surface area (Å²) in [6.07, 6.45) is 3.18. The van der Waals surface area contributed by atoms with Crippen molar-refractivity contribution in [2.45, 2.75) is 30.9 Å². The van der Waals surface area contributed by atoms with E-state index in [0.717, 1.165) is 12.8 Å². The summed E-state index contributed by atoms with van der Waals surface area (Å²) in [4.78, 5) is 11.9. The summed E-state index contributed by atoms with van der Waals surface area (Å²) in [6.45, 7) is -0.110. The highest BCUT2D eigenvalue weighted by Crippen LogP contribution is 2.34. The summed E-state index contributed by atoms with van der Waals surface area (Å²) in [5.74, 6) is 0.768. The zero-order valence-corrected chi connectivity index (χ0v) is 12.8. The second kappa shape index (κ2) is 6.13. The maximum Gasteiger partial charge on any atom is 0.239 e. The molecule has 1 aromatic carbocycles. The first-order valence-electron chi connectivity index (χ1n) is 7.22. The molecular weight excluding hydrogens is 308 g/mol. The summed E-state index contributed by atoms with van der Waals surface area (Å²) < 4.78 is 36.8. The van der Waals surface area contributed by atoms with E-state index < -0.39 is 15.9 Å². The van der Waals surface area contributed by atoms with Crippen molar-refractivity contribution in [2.75, 3.05) is 18.7 Å². The van der Waals surface area contributed by atoms with Crippen molar-refractivity contribution in [1.82, 2.24) is 4.72 Å². The van der Waals surface area contributed by atoms with E-state index in [-0.39, 0.29) is 18.6 Å². The van der Waals surface area contributed by atoms with Crippen LogP contribution >= 0.6 is 0 Å². The zero-order valence-electron chi connectivity index (χ0n) is 12.0. The minimum absolute atomic E-state index is 0.161. The van der Waals surface area contributed by atoms with Crippen LogP contribution in [0, 0.1) is 0 Å². The van der Waals surface area contributed by atoms with Gasteiger partial charge in [0, 0.05) is 11.8 Å². The van der Waals surface area contributed by atoms with E-state index in [9.17, 15) is 13.2 Å². The summed E-state index contributed by atoms with van der Waals surface area (Å²) in [5, 5.41) is 2.26. The van der Waals surface area contributed by atoms with E-state index in [0.29, 0.717) is 30.0 Å². The first-order chi connectivity index (χ1) is 10.5. The van der Waals surface area contributed by atoms with Gasteiger partial charge in [-0.05, 0) is 25.0 Å². The van der Waals surface area contributed by atoms with Crippen molar-refractivity contribution < 1.29 is 22.7 Å². The average molecular weight is 326 g/mol. The highest BCUT2D eigenvalue weighted by Gasteiger charge is 2.28. The molecule has 0 unspecified atom stereocenters. The minimum atomic E-state index is -3.41. The van der Waals surface area contributed by atoms with Gasteiger partial charge in [-0.2, -0.15) is 0 Å². The highest BCUT2D eigenvalue weighted by molar-refractivity contribution is 7.90. The lowest BCUT2D eigenvalue weighted by molar-refractivity contribution is -0.115. The topological polar surface area (TPSA) is 93.7 Å². The molecule has 1 fully saturated rings. The molecule has 1 aliphatic heterocycles. The minimum Gasteiger partial charge on any atom is -0.454 e. The number of carbonyl (C=O) groups excluding carboxylic acids is 1. The predicted molar refractivity (Wildman–Crippen MR) is 80.4 cm³/mol. The standard InChI is InChI=1S/C14H18N2O5S/c17-14(8-15-22(18,19)11-3-1-2-4-11)16-10-5-6-12-13(7-10)21-9-20-12/h5-7,11,15H,1-4,8-9H2,(H,16,17). The molecule has 0 radical (unpaired) electrons. The first-order valence-corrected chi connectivity index (χ1v) is 8.77. The molecule has 1 heterocycles. The van der Waals surface area contributed by atoms with Crippen LogP contribution < -0.4 is 19.5 Å². The van der Waals surface area contributed by atoms with Gasteiger partial charge in [-0.1, -0.05) is 12.8 Å². The number of benzene rings is 1. The van der Waals surface area contributed by atoms with Crippen LogP contribution in [-0.2, 0) is 14.8 Å². The van der Waals surface area contributed by atoms with Crippen molar-refractivity contribution in [3.63, 3.8) is 0 Å². The Balaban J connectivity index is 1.54. The van der Waals surface area contributed by atoms with Crippen LogP contribution in [0.2, 0.25) is 0 Å². The maximum atomic E-state index is 12.0. The van der Waals surface area contributed by atoms with Crippen LogP contribution in [0.3, 0.4) is 0 Å². The van der Waals surface area contributed by atoms with Crippen molar-refractivity contribution in [2.24, 2.45) is 0 Å². The second-order valence-corrected chi connectivity index (χ2v) is 7.43. The van der Waals surface area contributed by atoms with Gasteiger partial charge in [-0.15, -0.1) is 0 Å². The van der Waals surface area contributed by atoms with E-state index in [1.54, 1.807) is 18.2 Å². The van der Waals surface area contributed by atoms with Crippen LogP contribution in [0.5, 0.6) is 11.5 Å². The number of ether oxygens (including phenoxy) is 2. The largest absolute Gasteiger partial charge is 0.454 e. The molecule has 2 N–H and O–H groups in total. The van der Waals surface area contributed by atoms with Gasteiger partial charge < -0.3 is 14.8 Å². The third-order valence-electron chi connectivity index (χ3n) is 3.83. The van der Waals surface area contributed by atoms with E-state index >= 15 is 0 Å². The number of carbonyl (C=O) groups is 1. The lowest BCUT2D eigenvalue weighted by atomic mass is 10.3. The Morgan fingerprint density at radius 1 is 1.18 bits per heavy atom. The van der Waals surface area contributed by atoms with Gasteiger partial charge in [-0.3, -0.25) is 4.79 Å². The molecule has 3 rings (SSSR count). The number of sulfonamides is 1. The number of rotatable bonds is 5. The van der Waals surface area contributed by atoms with Gasteiger partial charge in [0.25, 0.3) is 0 Å². The summed E-state index contributed by atoms with van der Waals surface area (Å²) in [6, 6.07) is 5.02. The highest BCUT2D eigenvalue weighted by atomic mass is 32.2. The van der Waals surface area contributed by atoms with Crippen LogP contribution in [0.1, 0.15) is 25.7 Å². The van der Waals surface area contributed by atoms with Crippen LogP contribution in [0.25, 0.3) is 0 Å². The molecule has 0 aromatic heterocycles. The molecule has 2 aliphatic rings. The molecule has 1 aliphatic carbocycles. The quantitative estimate of drug-likeness (QED) is 0.848. The molecule has 120 valence electrons. The van der Waals surface area contributed by atoms with Crippen molar-refractivity contribution in [3.8, 4) is 11.5 Å². The van der Waals surface area contributed by atoms with Gasteiger partial charge in [0.1, 0.15) is 0 Å². The molecule has 1 saturated carbocycles. The molecule has 0 saturated heterocycles. The first kappa shape index (κ1) is 15.1. The fourth-order valence-corrected chi connectivity index (χ4v) is 4.18. The van der Waals surface area contributed by atoms with E-state index in [4.69, 9.17) is 9.47 Å². The Bertz CT molecular complexity index is 668. The number of anilines is 1. The number of nitrogens with one attached hydrogen (secondary N) is 2. The zero-order chi connectivity index (χ0) is 15.6. The molecule has 0 bridgehead atoms. The third-order valence-corrected chi connectivity index (χ3v) is 5.73. The predicted octanol–water partition coefficient (Wildman–Crippen LogP) is 1.22. The lowest BCUT2D eigenvalue weighted by Gasteiger charge is -2.12. The monoisotopic (exact) mass is 326 g/mol. The van der Waals surface area contributed by atoms with Gasteiger partial charge in [-0.25, -0.2) is 13.1 Å². The molecule has 8 heteroatoms. The molecule has 7 nitrogen and oxygen atoms in total. The van der Waals surface area contributed by atoms with E-state index in [1.807, 2.05) is 0 Å². The summed E-state index contributed by atoms with van der Waals surface area (Å²) in [5.41, 5.74) is 0.536. The SMILES string of the molecule is O=C(CNS(=O)(=O)C1CCCC1)Nc1ccc2c(c1)OCO2. The normalized spacial score (nSPS) is 17.6. The lowest BCUT2D eigenvalue weighted by Crippen LogP contribution is -2.38. The molecule has 22 heavy (non-hydrogen) atoms. The van der Waals surface area contributed by atoms with E-state index in [1.165, 1.54) is 0 Å². The van der Waals surface area contributed by atoms with Crippen molar-refractivity contribution >= 4 is 21.6 Å². The Morgan fingerprint density at radius 2 is 1.91 bits per heavy atom. The fourth-order valence-electron chi connectivity index (χ4n) is 2.66. The molecule has 0 spiro atoms. The summed E-state index contributed by atoms with van der Waals surface area (Å²) in [7, 11) is -3.41. The van der Waals surface area contributed by atoms with Gasteiger partial charge in [0.05, 0.1) is 11.8 Å². The molecule has 1 aromatic rings. The second-order valence-electron chi connectivity index (χ2n) is 5.39. The van der Waals surface area contributed by atoms with Crippen molar-refractivity contribution in [3.05, 3.63) is 18.2 Å². The van der Waals surface area contributed by atoms with Crippen molar-refractivity contribution in [1.29, 1.82) is 0 Å². The van der Waals surface area contributed by atoms with Gasteiger partial charge >= 0.3 is 0 Å². The number of hydrogen-bond acceptors (Lipinski definition) is 5. The fraction of sp³-hybridized carbons (Fsp3) is 0.500. The summed E-state index contributed by atoms with van der Waals surface area (Å²) >= 11 is 0.